The van der Waals surface area contributed by atoms with Crippen molar-refractivity contribution in [3.05, 3.63) is 154 Å². The first kappa shape index (κ1) is 42.5. The van der Waals surface area contributed by atoms with Crippen LogP contribution in [0.4, 0.5) is 5.69 Å². The van der Waals surface area contributed by atoms with Crippen LogP contribution in [0.25, 0.3) is 0 Å². The summed E-state index contributed by atoms with van der Waals surface area (Å²) < 4.78 is 36.8. The molecule has 0 unspecified atom stereocenters. The first-order valence-corrected chi connectivity index (χ1v) is 18.3. The van der Waals surface area contributed by atoms with E-state index in [9.17, 15) is 29.4 Å². The Morgan fingerprint density at radius 1 is 0.492 bits per heavy atom. The Labute approximate surface area is 353 Å². The fourth-order valence-corrected chi connectivity index (χ4v) is 5.74. The molecule has 308 valence electrons. The highest BCUT2D eigenvalue weighted by Crippen LogP contribution is 2.36. The molecule has 0 bridgehead atoms. The number of anilines is 1. The van der Waals surface area contributed by atoms with Crippen LogP contribution in [0.3, 0.4) is 0 Å². The Hall–Kier alpha value is -8.15. The first-order chi connectivity index (χ1) is 29.4. The molecule has 0 aliphatic carbocycles. The van der Waals surface area contributed by atoms with Crippen LogP contribution in [0.2, 0.25) is 5.02 Å². The van der Waals surface area contributed by atoms with E-state index < -0.39 is 23.8 Å². The molecule has 15 heteroatoms. The van der Waals surface area contributed by atoms with Crippen LogP contribution < -0.4 is 38.5 Å². The number of aromatic hydroxyl groups is 2. The van der Waals surface area contributed by atoms with Crippen LogP contribution in [0.15, 0.2) is 115 Å². The Bertz CT molecular complexity index is 2690. The Morgan fingerprint density at radius 2 is 0.918 bits per heavy atom. The molecule has 6 rings (SSSR count). The topological polar surface area (TPSA) is 185 Å². The number of ether oxygens (including phenoxy) is 7. The van der Waals surface area contributed by atoms with E-state index in [0.29, 0.717) is 16.8 Å². The van der Waals surface area contributed by atoms with Crippen molar-refractivity contribution in [2.45, 2.75) is 0 Å². The number of rotatable bonds is 12. The summed E-state index contributed by atoms with van der Waals surface area (Å²) in [6, 6.07) is 28.2. The lowest BCUT2D eigenvalue weighted by molar-refractivity contribution is 0.0719. The zero-order valence-corrected chi connectivity index (χ0v) is 33.5. The van der Waals surface area contributed by atoms with Gasteiger partial charge in [0, 0.05) is 46.6 Å². The summed E-state index contributed by atoms with van der Waals surface area (Å²) in [5.41, 5.74) is 1.89. The zero-order valence-electron chi connectivity index (χ0n) is 32.7. The summed E-state index contributed by atoms with van der Waals surface area (Å²) in [6.45, 7) is 0. The van der Waals surface area contributed by atoms with E-state index in [1.165, 1.54) is 95.2 Å². The largest absolute Gasteiger partial charge is 0.507 e. The number of methoxy groups -OCH3 is 4. The predicted molar refractivity (Wildman–Crippen MR) is 222 cm³/mol. The van der Waals surface area contributed by atoms with Gasteiger partial charge in [0.25, 0.3) is 5.91 Å². The van der Waals surface area contributed by atoms with Gasteiger partial charge >= 0.3 is 17.9 Å². The van der Waals surface area contributed by atoms with Crippen molar-refractivity contribution >= 4 is 41.1 Å². The average molecular weight is 844 g/mol. The minimum atomic E-state index is -0.903. The SMILES string of the molecule is COc1cc(O)c(C(=O)Oc2ccc(C(=O)Oc3ccc(C#Cc4ccc(NC(=O)c5ccc(OC(=O)c6cc(OC)c(OC)cc6O)c(Cl)c5)cc4)cc3)cc2)cc1OC. The molecule has 0 fully saturated rings. The van der Waals surface area contributed by atoms with Crippen molar-refractivity contribution in [3.63, 3.8) is 0 Å². The van der Waals surface area contributed by atoms with E-state index in [0.717, 1.165) is 0 Å². The maximum absolute atomic E-state index is 13.0. The highest BCUT2D eigenvalue weighted by Gasteiger charge is 2.21. The molecule has 0 atom stereocenters. The van der Waals surface area contributed by atoms with Gasteiger partial charge < -0.3 is 48.7 Å². The number of phenolic OH excluding ortho intramolecular Hbond substituents is 2. The van der Waals surface area contributed by atoms with E-state index in [2.05, 4.69) is 17.2 Å². The summed E-state index contributed by atoms with van der Waals surface area (Å²) in [6.07, 6.45) is 0. The molecule has 0 saturated carbocycles. The maximum Gasteiger partial charge on any atom is 0.347 e. The van der Waals surface area contributed by atoms with Crippen LogP contribution in [0.5, 0.6) is 51.7 Å². The third kappa shape index (κ3) is 10.3. The minimum absolute atomic E-state index is 0.0125. The molecular weight excluding hydrogens is 810 g/mol. The van der Waals surface area contributed by atoms with Gasteiger partial charge in [-0.05, 0) is 91.0 Å². The number of carbonyl (C=O) groups excluding carboxylic acids is 4. The summed E-state index contributed by atoms with van der Waals surface area (Å²) in [5, 5.41) is 23.3. The van der Waals surface area contributed by atoms with Gasteiger partial charge in [-0.1, -0.05) is 23.4 Å². The lowest BCUT2D eigenvalue weighted by Crippen LogP contribution is -2.13. The van der Waals surface area contributed by atoms with E-state index in [1.54, 1.807) is 48.5 Å². The molecule has 0 radical (unpaired) electrons. The number of hydrogen-bond acceptors (Lipinski definition) is 13. The second kappa shape index (κ2) is 19.1. The number of esters is 3. The molecule has 0 saturated heterocycles. The smallest absolute Gasteiger partial charge is 0.347 e. The summed E-state index contributed by atoms with van der Waals surface area (Å²) >= 11 is 6.34. The van der Waals surface area contributed by atoms with Crippen molar-refractivity contribution < 1.29 is 62.5 Å². The fraction of sp³-hybridized carbons (Fsp3) is 0.0870. The minimum Gasteiger partial charge on any atom is -0.507 e. The molecule has 0 aliphatic rings. The van der Waals surface area contributed by atoms with E-state index in [4.69, 9.17) is 44.8 Å². The van der Waals surface area contributed by atoms with Gasteiger partial charge in [-0.3, -0.25) is 4.79 Å². The first-order valence-electron chi connectivity index (χ1n) is 17.9. The van der Waals surface area contributed by atoms with Gasteiger partial charge in [0.05, 0.1) is 39.0 Å². The van der Waals surface area contributed by atoms with Crippen molar-refractivity contribution in [1.82, 2.24) is 0 Å². The Balaban J connectivity index is 0.996. The third-order valence-corrected chi connectivity index (χ3v) is 9.00. The molecule has 14 nitrogen and oxygen atoms in total. The van der Waals surface area contributed by atoms with Crippen molar-refractivity contribution in [3.8, 4) is 63.6 Å². The van der Waals surface area contributed by atoms with Crippen LogP contribution in [0, 0.1) is 11.8 Å². The number of hydrogen-bond donors (Lipinski definition) is 3. The molecule has 0 aromatic heterocycles. The lowest BCUT2D eigenvalue weighted by atomic mass is 10.1. The number of carbonyl (C=O) groups is 4. The predicted octanol–water partition coefficient (Wildman–Crippen LogP) is 8.10. The average Bonchev–Trinajstić information content (AvgIpc) is 3.27. The van der Waals surface area contributed by atoms with E-state index in [-0.39, 0.29) is 79.0 Å². The normalized spacial score (nSPS) is 10.3. The Morgan fingerprint density at radius 3 is 1.41 bits per heavy atom. The van der Waals surface area contributed by atoms with Gasteiger partial charge in [0.1, 0.15) is 39.9 Å². The number of phenols is 2. The highest BCUT2D eigenvalue weighted by molar-refractivity contribution is 6.32. The highest BCUT2D eigenvalue weighted by atomic mass is 35.5. The van der Waals surface area contributed by atoms with Crippen LogP contribution in [0.1, 0.15) is 52.6 Å². The van der Waals surface area contributed by atoms with Crippen LogP contribution in [-0.2, 0) is 0 Å². The third-order valence-electron chi connectivity index (χ3n) is 8.70. The summed E-state index contributed by atoms with van der Waals surface area (Å²) in [5.74, 6) is 3.77. The fourth-order valence-electron chi connectivity index (χ4n) is 5.52. The van der Waals surface area contributed by atoms with Gasteiger partial charge in [-0.2, -0.15) is 0 Å². The number of nitrogens with one attached hydrogen (secondary N) is 1. The summed E-state index contributed by atoms with van der Waals surface area (Å²) in [4.78, 5) is 51.2. The standard InChI is InChI=1S/C46H34ClNO13/c1-55-39-22-33(36(49)24-41(39)57-3)45(53)60-32-18-11-28(12-19-32)44(52)59-31-16-9-27(10-17-31)6-5-26-7-14-30(15-8-26)48-43(51)29-13-20-38(35(47)21-29)61-46(54)34-23-40(56-2)42(58-4)25-37(34)50/h7-25,49-50H,1-4H3,(H,48,51). The zero-order chi connectivity index (χ0) is 43.6. The molecule has 0 spiro atoms. The molecule has 6 aromatic rings. The van der Waals surface area contributed by atoms with Gasteiger partial charge in [0.2, 0.25) is 0 Å². The van der Waals surface area contributed by atoms with Gasteiger partial charge in [0.15, 0.2) is 23.0 Å². The summed E-state index contributed by atoms with van der Waals surface area (Å²) in [7, 11) is 5.56. The number of benzene rings is 6. The molecule has 1 amide bonds. The Kier molecular flexibility index (Phi) is 13.3. The second-order valence-corrected chi connectivity index (χ2v) is 13.0. The van der Waals surface area contributed by atoms with Gasteiger partial charge in [-0.15, -0.1) is 0 Å². The number of amides is 1. The lowest BCUT2D eigenvalue weighted by Gasteiger charge is -2.12. The van der Waals surface area contributed by atoms with Crippen LogP contribution >= 0.6 is 11.6 Å². The monoisotopic (exact) mass is 843 g/mol. The van der Waals surface area contributed by atoms with E-state index >= 15 is 0 Å². The number of halogens is 1. The van der Waals surface area contributed by atoms with Crippen LogP contribution in [-0.4, -0.2) is 62.5 Å². The molecule has 61 heavy (non-hydrogen) atoms. The molecule has 0 heterocycles. The molecule has 3 N–H and O–H groups in total. The van der Waals surface area contributed by atoms with Crippen molar-refractivity contribution in [1.29, 1.82) is 0 Å². The van der Waals surface area contributed by atoms with Crippen molar-refractivity contribution in [2.75, 3.05) is 33.8 Å². The molecular formula is C46H34ClNO13. The quantitative estimate of drug-likeness (QED) is 0.0610. The van der Waals surface area contributed by atoms with E-state index in [1.807, 2.05) is 0 Å². The second-order valence-electron chi connectivity index (χ2n) is 12.6. The molecule has 0 aliphatic heterocycles. The molecule has 6 aromatic carbocycles. The maximum atomic E-state index is 13.0. The van der Waals surface area contributed by atoms with Crippen molar-refractivity contribution in [2.24, 2.45) is 0 Å². The van der Waals surface area contributed by atoms with Gasteiger partial charge in [-0.25, -0.2) is 14.4 Å².